The van der Waals surface area contributed by atoms with Crippen molar-refractivity contribution in [2.45, 2.75) is 25.0 Å². The zero-order valence-corrected chi connectivity index (χ0v) is 16.4. The van der Waals surface area contributed by atoms with Crippen LogP contribution in [0.4, 0.5) is 0 Å². The molecule has 2 N–H and O–H groups in total. The standard InChI is InChI=1S/C21H29N5O2/c1-24-4-6-25(7-5-24)18-9-16-12-26(13-17(16)10-19(18)27)21(28)15-8-14-2-3-22-20(14)23-11-15/h2-3,8,11,16-19,27H,4-7,9-10,12-13H2,1H3,(H,22,23)/t16-,17+,18-,19-/m1/s1. The predicted octanol–water partition coefficient (Wildman–Crippen LogP) is 1.02. The molecule has 0 radical (unpaired) electrons. The highest BCUT2D eigenvalue weighted by Crippen LogP contribution is 2.39. The highest BCUT2D eigenvalue weighted by molar-refractivity contribution is 5.97. The summed E-state index contributed by atoms with van der Waals surface area (Å²) in [6.45, 7) is 5.74. The van der Waals surface area contributed by atoms with Crippen LogP contribution >= 0.6 is 0 Å². The van der Waals surface area contributed by atoms with E-state index >= 15 is 0 Å². The van der Waals surface area contributed by atoms with Crippen LogP contribution in [-0.2, 0) is 0 Å². The maximum atomic E-state index is 13.1. The lowest BCUT2D eigenvalue weighted by Crippen LogP contribution is -2.55. The number of aromatic nitrogens is 2. The molecule has 2 aromatic rings. The summed E-state index contributed by atoms with van der Waals surface area (Å²) in [6.07, 6.45) is 5.04. The highest BCUT2D eigenvalue weighted by atomic mass is 16.3. The number of piperazine rings is 1. The Labute approximate surface area is 165 Å². The molecular weight excluding hydrogens is 354 g/mol. The first-order valence-electron chi connectivity index (χ1n) is 10.4. The van der Waals surface area contributed by atoms with E-state index in [9.17, 15) is 9.90 Å². The molecule has 0 aromatic carbocycles. The van der Waals surface area contributed by atoms with Gasteiger partial charge in [-0.15, -0.1) is 0 Å². The van der Waals surface area contributed by atoms with Crippen LogP contribution in [0, 0.1) is 11.8 Å². The first-order chi connectivity index (χ1) is 13.6. The number of nitrogens with zero attached hydrogens (tertiary/aromatic N) is 4. The maximum Gasteiger partial charge on any atom is 0.255 e. The summed E-state index contributed by atoms with van der Waals surface area (Å²) in [6, 6.07) is 4.10. The van der Waals surface area contributed by atoms with Gasteiger partial charge in [0.25, 0.3) is 5.91 Å². The van der Waals surface area contributed by atoms with Gasteiger partial charge in [0.15, 0.2) is 0 Å². The van der Waals surface area contributed by atoms with Gasteiger partial charge in [-0.25, -0.2) is 4.98 Å². The van der Waals surface area contributed by atoms with E-state index < -0.39 is 0 Å². The zero-order chi connectivity index (χ0) is 19.3. The number of rotatable bonds is 2. The third-order valence-corrected chi connectivity index (χ3v) is 7.05. The lowest BCUT2D eigenvalue weighted by Gasteiger charge is -2.44. The molecule has 5 rings (SSSR count). The Morgan fingerprint density at radius 2 is 1.93 bits per heavy atom. The van der Waals surface area contributed by atoms with Crippen molar-refractivity contribution in [2.75, 3.05) is 46.3 Å². The zero-order valence-electron chi connectivity index (χ0n) is 16.4. The number of aromatic amines is 1. The molecule has 4 atom stereocenters. The molecule has 28 heavy (non-hydrogen) atoms. The van der Waals surface area contributed by atoms with Gasteiger partial charge in [0.2, 0.25) is 0 Å². The first-order valence-corrected chi connectivity index (χ1v) is 10.4. The molecule has 0 bridgehead atoms. The summed E-state index contributed by atoms with van der Waals surface area (Å²) in [7, 11) is 2.16. The summed E-state index contributed by atoms with van der Waals surface area (Å²) < 4.78 is 0. The van der Waals surface area contributed by atoms with Gasteiger partial charge >= 0.3 is 0 Å². The van der Waals surface area contributed by atoms with Crippen molar-refractivity contribution in [3.05, 3.63) is 30.1 Å². The number of fused-ring (bicyclic) bond motifs is 2. The average Bonchev–Trinajstić information content (AvgIpc) is 3.33. The third kappa shape index (κ3) is 3.21. The topological polar surface area (TPSA) is 75.7 Å². The molecule has 150 valence electrons. The van der Waals surface area contributed by atoms with Crippen LogP contribution in [-0.4, -0.2) is 94.1 Å². The molecule has 3 aliphatic rings. The molecule has 0 unspecified atom stereocenters. The number of hydrogen-bond donors (Lipinski definition) is 2. The molecule has 7 heteroatoms. The van der Waals surface area contributed by atoms with E-state index in [1.165, 1.54) is 0 Å². The summed E-state index contributed by atoms with van der Waals surface area (Å²) in [5, 5.41) is 11.8. The molecule has 2 saturated heterocycles. The minimum absolute atomic E-state index is 0.0654. The Balaban J connectivity index is 1.27. The number of carbonyl (C=O) groups excluding carboxylic acids is 1. The van der Waals surface area contributed by atoms with Crippen LogP contribution in [0.25, 0.3) is 11.0 Å². The summed E-state index contributed by atoms with van der Waals surface area (Å²) in [5.41, 5.74) is 1.46. The number of nitrogens with one attached hydrogen (secondary N) is 1. The van der Waals surface area contributed by atoms with Crippen LogP contribution in [0.5, 0.6) is 0 Å². The van der Waals surface area contributed by atoms with Crippen molar-refractivity contribution in [3.8, 4) is 0 Å². The van der Waals surface area contributed by atoms with Gasteiger partial charge < -0.3 is 19.9 Å². The van der Waals surface area contributed by atoms with E-state index in [1.807, 2.05) is 23.2 Å². The second-order valence-corrected chi connectivity index (χ2v) is 8.82. The van der Waals surface area contributed by atoms with Crippen molar-refractivity contribution in [1.82, 2.24) is 24.7 Å². The van der Waals surface area contributed by atoms with Gasteiger partial charge in [-0.2, -0.15) is 0 Å². The second kappa shape index (κ2) is 7.13. The molecule has 1 amide bonds. The van der Waals surface area contributed by atoms with Crippen LogP contribution in [0.3, 0.4) is 0 Å². The number of likely N-dealkylation sites (tertiary alicyclic amines) is 1. The van der Waals surface area contributed by atoms with Crippen molar-refractivity contribution in [3.63, 3.8) is 0 Å². The summed E-state index contributed by atoms with van der Waals surface area (Å²) in [4.78, 5) is 27.3. The van der Waals surface area contributed by atoms with Crippen LogP contribution in [0.2, 0.25) is 0 Å². The Morgan fingerprint density at radius 1 is 1.18 bits per heavy atom. The number of likely N-dealkylation sites (N-methyl/N-ethyl adjacent to an activating group) is 1. The molecule has 1 aliphatic carbocycles. The Bertz CT molecular complexity index is 859. The van der Waals surface area contributed by atoms with Gasteiger partial charge in [0.05, 0.1) is 11.7 Å². The number of pyridine rings is 1. The normalized spacial score (nSPS) is 32.0. The Hall–Kier alpha value is -1.96. The van der Waals surface area contributed by atoms with Gasteiger partial charge in [-0.1, -0.05) is 0 Å². The molecule has 2 aliphatic heterocycles. The van der Waals surface area contributed by atoms with Crippen LogP contribution < -0.4 is 0 Å². The molecule has 0 spiro atoms. The molecule has 4 heterocycles. The minimum Gasteiger partial charge on any atom is -0.391 e. The molecular formula is C21H29N5O2. The van der Waals surface area contributed by atoms with Crippen LogP contribution in [0.1, 0.15) is 23.2 Å². The number of carbonyl (C=O) groups is 1. The fraction of sp³-hybridized carbons (Fsp3) is 0.619. The van der Waals surface area contributed by atoms with Crippen molar-refractivity contribution < 1.29 is 9.90 Å². The molecule has 7 nitrogen and oxygen atoms in total. The minimum atomic E-state index is -0.280. The molecule has 3 fully saturated rings. The smallest absolute Gasteiger partial charge is 0.255 e. The largest absolute Gasteiger partial charge is 0.391 e. The monoisotopic (exact) mass is 383 g/mol. The van der Waals surface area contributed by atoms with E-state index in [0.29, 0.717) is 17.4 Å². The summed E-state index contributed by atoms with van der Waals surface area (Å²) >= 11 is 0. The number of aliphatic hydroxyl groups excluding tert-OH is 1. The number of amides is 1. The van der Waals surface area contributed by atoms with Gasteiger partial charge in [-0.05, 0) is 43.9 Å². The first kappa shape index (κ1) is 18.1. The fourth-order valence-electron chi connectivity index (χ4n) is 5.36. The SMILES string of the molecule is CN1CCN([C@@H]2C[C@@H]3CN(C(=O)c4cnc5[nH]ccc5c4)C[C@@H]3C[C@H]2O)CC1. The third-order valence-electron chi connectivity index (χ3n) is 7.05. The van der Waals surface area contributed by atoms with Crippen molar-refractivity contribution in [2.24, 2.45) is 11.8 Å². The van der Waals surface area contributed by atoms with Crippen molar-refractivity contribution in [1.29, 1.82) is 0 Å². The van der Waals surface area contributed by atoms with E-state index in [-0.39, 0.29) is 18.1 Å². The fourth-order valence-corrected chi connectivity index (χ4v) is 5.36. The van der Waals surface area contributed by atoms with E-state index in [2.05, 4.69) is 26.8 Å². The number of hydrogen-bond acceptors (Lipinski definition) is 5. The number of aliphatic hydroxyl groups is 1. The van der Waals surface area contributed by atoms with Crippen LogP contribution in [0.15, 0.2) is 24.5 Å². The van der Waals surface area contributed by atoms with E-state index in [0.717, 1.165) is 63.1 Å². The van der Waals surface area contributed by atoms with E-state index in [1.54, 1.807) is 6.20 Å². The van der Waals surface area contributed by atoms with Gasteiger partial charge in [0.1, 0.15) is 5.65 Å². The van der Waals surface area contributed by atoms with Crippen molar-refractivity contribution >= 4 is 16.9 Å². The van der Waals surface area contributed by atoms with E-state index in [4.69, 9.17) is 0 Å². The Morgan fingerprint density at radius 3 is 2.71 bits per heavy atom. The second-order valence-electron chi connectivity index (χ2n) is 8.82. The molecule has 2 aromatic heterocycles. The quantitative estimate of drug-likeness (QED) is 0.810. The maximum absolute atomic E-state index is 13.1. The lowest BCUT2D eigenvalue weighted by molar-refractivity contribution is -0.0249. The summed E-state index contributed by atoms with van der Waals surface area (Å²) in [5.74, 6) is 0.961. The molecule has 1 saturated carbocycles. The predicted molar refractivity (Wildman–Crippen MR) is 107 cm³/mol. The van der Waals surface area contributed by atoms with Gasteiger partial charge in [-0.3, -0.25) is 9.69 Å². The number of H-pyrrole nitrogens is 1. The highest BCUT2D eigenvalue weighted by Gasteiger charge is 2.45. The average molecular weight is 383 g/mol. The van der Waals surface area contributed by atoms with Gasteiger partial charge in [0, 0.05) is 63.1 Å². The Kier molecular flexibility index (Phi) is 4.61. The lowest BCUT2D eigenvalue weighted by atomic mass is 9.77.